The summed E-state index contributed by atoms with van der Waals surface area (Å²) in [6.07, 6.45) is 7.14. The first-order valence-electron chi connectivity index (χ1n) is 10.2. The van der Waals surface area contributed by atoms with Crippen molar-refractivity contribution >= 4 is 29.3 Å². The SMILES string of the molecule is CCCOc1ccc(/C=C/C(=O)Nc2cccc(NC(=O)c3ccncc3)c2)cc1OC. The van der Waals surface area contributed by atoms with Crippen molar-refractivity contribution in [2.24, 2.45) is 0 Å². The first kappa shape index (κ1) is 22.6. The van der Waals surface area contributed by atoms with E-state index in [0.29, 0.717) is 35.0 Å². The summed E-state index contributed by atoms with van der Waals surface area (Å²) >= 11 is 0. The number of carbonyl (C=O) groups is 2. The number of rotatable bonds is 9. The molecule has 1 aromatic heterocycles. The minimum atomic E-state index is -0.298. The van der Waals surface area contributed by atoms with Crippen LogP contribution in [0.5, 0.6) is 11.5 Å². The van der Waals surface area contributed by atoms with Crippen LogP contribution < -0.4 is 20.1 Å². The Hall–Kier alpha value is -4.13. The standard InChI is InChI=1S/C25H25N3O4/c1-3-15-32-22-9-7-18(16-23(22)31-2)8-10-24(29)27-20-5-4-6-21(17-20)28-25(30)19-11-13-26-14-12-19/h4-14,16-17H,3,15H2,1-2H3,(H,27,29)(H,28,30)/b10-8+. The van der Waals surface area contributed by atoms with Crippen LogP contribution in [0.15, 0.2) is 73.1 Å². The van der Waals surface area contributed by atoms with Crippen LogP contribution in [-0.4, -0.2) is 30.5 Å². The first-order chi connectivity index (χ1) is 15.6. The van der Waals surface area contributed by atoms with E-state index in [-0.39, 0.29) is 11.8 Å². The van der Waals surface area contributed by atoms with E-state index in [1.165, 1.54) is 6.08 Å². The summed E-state index contributed by atoms with van der Waals surface area (Å²) in [6.45, 7) is 2.64. The van der Waals surface area contributed by atoms with Crippen LogP contribution in [0, 0.1) is 0 Å². The molecule has 2 amide bonds. The molecule has 0 atom stereocenters. The lowest BCUT2D eigenvalue weighted by atomic mass is 10.2. The highest BCUT2D eigenvalue weighted by Crippen LogP contribution is 2.28. The molecule has 0 saturated carbocycles. The summed E-state index contributed by atoms with van der Waals surface area (Å²) < 4.78 is 11.0. The van der Waals surface area contributed by atoms with Gasteiger partial charge in [-0.3, -0.25) is 14.6 Å². The zero-order valence-electron chi connectivity index (χ0n) is 18.0. The van der Waals surface area contributed by atoms with Crippen molar-refractivity contribution in [1.82, 2.24) is 4.98 Å². The molecule has 0 saturated heterocycles. The van der Waals surface area contributed by atoms with Crippen LogP contribution in [0.2, 0.25) is 0 Å². The molecule has 0 fully saturated rings. The topological polar surface area (TPSA) is 89.6 Å². The van der Waals surface area contributed by atoms with Gasteiger partial charge in [0.2, 0.25) is 5.91 Å². The second kappa shape index (κ2) is 11.3. The summed E-state index contributed by atoms with van der Waals surface area (Å²) in [4.78, 5) is 28.5. The molecule has 0 radical (unpaired) electrons. The van der Waals surface area contributed by atoms with E-state index in [0.717, 1.165) is 12.0 Å². The number of anilines is 2. The number of ether oxygens (including phenoxy) is 2. The normalized spacial score (nSPS) is 10.6. The van der Waals surface area contributed by atoms with Gasteiger partial charge >= 0.3 is 0 Å². The Morgan fingerprint density at radius 2 is 1.72 bits per heavy atom. The molecular weight excluding hydrogens is 406 g/mol. The van der Waals surface area contributed by atoms with Crippen molar-refractivity contribution < 1.29 is 19.1 Å². The lowest BCUT2D eigenvalue weighted by molar-refractivity contribution is -0.111. The maximum atomic E-state index is 12.4. The van der Waals surface area contributed by atoms with Crippen LogP contribution in [0.4, 0.5) is 11.4 Å². The average molecular weight is 431 g/mol. The molecule has 2 N–H and O–H groups in total. The molecule has 7 nitrogen and oxygen atoms in total. The van der Waals surface area contributed by atoms with E-state index in [4.69, 9.17) is 9.47 Å². The molecule has 1 heterocycles. The van der Waals surface area contributed by atoms with Crippen molar-refractivity contribution in [2.45, 2.75) is 13.3 Å². The van der Waals surface area contributed by atoms with Crippen LogP contribution in [-0.2, 0) is 4.79 Å². The van der Waals surface area contributed by atoms with Gasteiger partial charge in [0.15, 0.2) is 11.5 Å². The second-order valence-corrected chi connectivity index (χ2v) is 6.85. The van der Waals surface area contributed by atoms with E-state index < -0.39 is 0 Å². The number of hydrogen-bond donors (Lipinski definition) is 2. The Bertz CT molecular complexity index is 1100. The van der Waals surface area contributed by atoms with Crippen molar-refractivity contribution in [3.05, 3.63) is 84.2 Å². The highest BCUT2D eigenvalue weighted by atomic mass is 16.5. The molecule has 164 valence electrons. The van der Waals surface area contributed by atoms with Crippen LogP contribution in [0.3, 0.4) is 0 Å². The molecule has 0 bridgehead atoms. The monoisotopic (exact) mass is 431 g/mol. The fourth-order valence-electron chi connectivity index (χ4n) is 2.86. The van der Waals surface area contributed by atoms with E-state index in [1.54, 1.807) is 62.0 Å². The van der Waals surface area contributed by atoms with Gasteiger partial charge in [0.25, 0.3) is 5.91 Å². The van der Waals surface area contributed by atoms with E-state index in [2.05, 4.69) is 15.6 Å². The zero-order valence-corrected chi connectivity index (χ0v) is 18.0. The average Bonchev–Trinajstić information content (AvgIpc) is 2.82. The largest absolute Gasteiger partial charge is 0.493 e. The predicted molar refractivity (Wildman–Crippen MR) is 125 cm³/mol. The van der Waals surface area contributed by atoms with Gasteiger partial charge < -0.3 is 20.1 Å². The number of pyridine rings is 1. The molecular formula is C25H25N3O4. The van der Waals surface area contributed by atoms with Gasteiger partial charge in [-0.05, 0) is 60.5 Å². The smallest absolute Gasteiger partial charge is 0.255 e. The molecule has 3 aromatic rings. The first-order valence-corrected chi connectivity index (χ1v) is 10.2. The van der Waals surface area contributed by atoms with Gasteiger partial charge in [0.1, 0.15) is 0 Å². The maximum Gasteiger partial charge on any atom is 0.255 e. The molecule has 7 heteroatoms. The fourth-order valence-corrected chi connectivity index (χ4v) is 2.86. The Balaban J connectivity index is 1.62. The van der Waals surface area contributed by atoms with Crippen LogP contribution in [0.1, 0.15) is 29.3 Å². The predicted octanol–water partition coefficient (Wildman–Crippen LogP) is 4.78. The highest BCUT2D eigenvalue weighted by molar-refractivity contribution is 6.05. The molecule has 0 aliphatic heterocycles. The number of hydrogen-bond acceptors (Lipinski definition) is 5. The number of nitrogens with one attached hydrogen (secondary N) is 2. The van der Waals surface area contributed by atoms with Crippen molar-refractivity contribution in [2.75, 3.05) is 24.4 Å². The zero-order chi connectivity index (χ0) is 22.8. The lowest BCUT2D eigenvalue weighted by Crippen LogP contribution is -2.12. The molecule has 32 heavy (non-hydrogen) atoms. The highest BCUT2D eigenvalue weighted by Gasteiger charge is 2.07. The van der Waals surface area contributed by atoms with E-state index >= 15 is 0 Å². The number of nitrogens with zero attached hydrogens (tertiary/aromatic N) is 1. The fraction of sp³-hybridized carbons (Fsp3) is 0.160. The number of carbonyl (C=O) groups excluding carboxylic acids is 2. The van der Waals surface area contributed by atoms with Gasteiger partial charge in [-0.1, -0.05) is 19.1 Å². The van der Waals surface area contributed by atoms with Gasteiger partial charge in [-0.25, -0.2) is 0 Å². The third-order valence-electron chi connectivity index (χ3n) is 4.41. The number of benzene rings is 2. The van der Waals surface area contributed by atoms with Crippen molar-refractivity contribution in [3.63, 3.8) is 0 Å². The third kappa shape index (κ3) is 6.43. The Morgan fingerprint density at radius 1 is 0.969 bits per heavy atom. The molecule has 2 aromatic carbocycles. The summed E-state index contributed by atoms with van der Waals surface area (Å²) in [5.74, 6) is 0.726. The van der Waals surface area contributed by atoms with Crippen LogP contribution >= 0.6 is 0 Å². The Labute approximate surface area is 187 Å². The van der Waals surface area contributed by atoms with Gasteiger partial charge in [-0.2, -0.15) is 0 Å². The summed E-state index contributed by atoms with van der Waals surface area (Å²) in [7, 11) is 1.58. The van der Waals surface area contributed by atoms with Gasteiger partial charge in [-0.15, -0.1) is 0 Å². The number of methoxy groups -OCH3 is 1. The molecule has 0 aliphatic rings. The third-order valence-corrected chi connectivity index (χ3v) is 4.41. The summed E-state index contributed by atoms with van der Waals surface area (Å²) in [6, 6.07) is 15.7. The maximum absolute atomic E-state index is 12.4. The number of aromatic nitrogens is 1. The minimum absolute atomic E-state index is 0.254. The van der Waals surface area contributed by atoms with Crippen LogP contribution in [0.25, 0.3) is 6.08 Å². The minimum Gasteiger partial charge on any atom is -0.493 e. The number of amides is 2. The van der Waals surface area contributed by atoms with E-state index in [1.807, 2.05) is 25.1 Å². The van der Waals surface area contributed by atoms with Gasteiger partial charge in [0.05, 0.1) is 13.7 Å². The quantitative estimate of drug-likeness (QED) is 0.476. The van der Waals surface area contributed by atoms with Gasteiger partial charge in [0, 0.05) is 35.4 Å². The molecule has 0 aliphatic carbocycles. The Kier molecular flexibility index (Phi) is 7.97. The summed E-state index contributed by atoms with van der Waals surface area (Å²) in [5, 5.41) is 5.59. The van der Waals surface area contributed by atoms with E-state index in [9.17, 15) is 9.59 Å². The van der Waals surface area contributed by atoms with Crippen molar-refractivity contribution in [3.8, 4) is 11.5 Å². The molecule has 3 rings (SSSR count). The van der Waals surface area contributed by atoms with Crippen molar-refractivity contribution in [1.29, 1.82) is 0 Å². The summed E-state index contributed by atoms with van der Waals surface area (Å²) in [5.41, 5.74) is 2.44. The molecule has 0 spiro atoms. The second-order valence-electron chi connectivity index (χ2n) is 6.85. The molecule has 0 unspecified atom stereocenters. The Morgan fingerprint density at radius 3 is 2.44 bits per heavy atom. The lowest BCUT2D eigenvalue weighted by Gasteiger charge is -2.10.